The van der Waals surface area contributed by atoms with E-state index in [0.717, 1.165) is 5.56 Å². The normalized spacial score (nSPS) is 11.8. The van der Waals surface area contributed by atoms with Crippen molar-refractivity contribution >= 4 is 34.2 Å². The van der Waals surface area contributed by atoms with Gasteiger partial charge in [0.15, 0.2) is 5.78 Å². The van der Waals surface area contributed by atoms with Gasteiger partial charge in [0.25, 0.3) is 0 Å². The molecule has 0 bridgehead atoms. The summed E-state index contributed by atoms with van der Waals surface area (Å²) in [6, 6.07) is 18.9. The van der Waals surface area contributed by atoms with Crippen LogP contribution in [0.2, 0.25) is 0 Å². The minimum absolute atomic E-state index is 0.102. The Bertz CT molecular complexity index is 1290. The number of rotatable bonds is 6. The van der Waals surface area contributed by atoms with E-state index in [1.54, 1.807) is 36.4 Å². The standard InChI is InChI=1S/C24H20N4O3/c1-14(28-23-18-11-6-12-19(24(30)31)21(18)26-13-27-23)16-9-5-10-17(20(16)25)22(29)15-7-3-2-4-8-15/h2-14H,25H2,1H3,(H,30,31)(H,26,27,28). The van der Waals surface area contributed by atoms with Crippen LogP contribution in [0, 0.1) is 0 Å². The predicted molar refractivity (Wildman–Crippen MR) is 119 cm³/mol. The summed E-state index contributed by atoms with van der Waals surface area (Å²) >= 11 is 0. The van der Waals surface area contributed by atoms with Gasteiger partial charge in [0.05, 0.1) is 17.1 Å². The van der Waals surface area contributed by atoms with E-state index in [1.165, 1.54) is 12.4 Å². The smallest absolute Gasteiger partial charge is 0.337 e. The molecule has 3 aromatic carbocycles. The van der Waals surface area contributed by atoms with E-state index in [-0.39, 0.29) is 17.4 Å². The zero-order chi connectivity index (χ0) is 22.0. The second kappa shape index (κ2) is 8.23. The number of aromatic nitrogens is 2. The highest BCUT2D eigenvalue weighted by atomic mass is 16.4. The Kier molecular flexibility index (Phi) is 5.32. The number of nitrogens with two attached hydrogens (primary N) is 1. The third-order valence-electron chi connectivity index (χ3n) is 5.14. The van der Waals surface area contributed by atoms with E-state index in [0.29, 0.717) is 33.5 Å². The minimum Gasteiger partial charge on any atom is -0.478 e. The van der Waals surface area contributed by atoms with Crippen molar-refractivity contribution in [3.8, 4) is 0 Å². The van der Waals surface area contributed by atoms with Crippen LogP contribution in [0.15, 0.2) is 73.1 Å². The average molecular weight is 412 g/mol. The van der Waals surface area contributed by atoms with Crippen LogP contribution >= 0.6 is 0 Å². The molecule has 1 atom stereocenters. The Hall–Kier alpha value is -4.26. The van der Waals surface area contributed by atoms with E-state index in [2.05, 4.69) is 15.3 Å². The van der Waals surface area contributed by atoms with Crippen molar-refractivity contribution < 1.29 is 14.7 Å². The van der Waals surface area contributed by atoms with Crippen molar-refractivity contribution in [1.82, 2.24) is 9.97 Å². The molecule has 0 saturated carbocycles. The number of carboxylic acid groups (broad SMARTS) is 1. The van der Waals surface area contributed by atoms with Crippen LogP contribution in [-0.4, -0.2) is 26.8 Å². The van der Waals surface area contributed by atoms with Gasteiger partial charge in [-0.05, 0) is 30.7 Å². The first kappa shape index (κ1) is 20.0. The molecule has 0 aliphatic heterocycles. The molecule has 0 aliphatic carbocycles. The van der Waals surface area contributed by atoms with Gasteiger partial charge in [0.1, 0.15) is 12.1 Å². The Labute approximate surface area is 178 Å². The molecule has 1 unspecified atom stereocenters. The zero-order valence-corrected chi connectivity index (χ0v) is 16.7. The minimum atomic E-state index is -1.06. The fourth-order valence-corrected chi connectivity index (χ4v) is 3.56. The molecule has 4 aromatic rings. The maximum Gasteiger partial charge on any atom is 0.337 e. The summed E-state index contributed by atoms with van der Waals surface area (Å²) in [6.45, 7) is 1.90. The highest BCUT2D eigenvalue weighted by molar-refractivity contribution is 6.12. The lowest BCUT2D eigenvalue weighted by molar-refractivity contribution is 0.0698. The van der Waals surface area contributed by atoms with Gasteiger partial charge in [-0.1, -0.05) is 48.5 Å². The van der Waals surface area contributed by atoms with Gasteiger partial charge < -0.3 is 16.2 Å². The quantitative estimate of drug-likeness (QED) is 0.319. The predicted octanol–water partition coefficient (Wildman–Crippen LogP) is 4.31. The van der Waals surface area contributed by atoms with Crippen molar-refractivity contribution in [2.45, 2.75) is 13.0 Å². The molecule has 31 heavy (non-hydrogen) atoms. The molecule has 0 fully saturated rings. The van der Waals surface area contributed by atoms with Crippen molar-refractivity contribution in [2.24, 2.45) is 0 Å². The van der Waals surface area contributed by atoms with Crippen molar-refractivity contribution in [3.05, 3.63) is 95.3 Å². The van der Waals surface area contributed by atoms with Crippen LogP contribution < -0.4 is 11.1 Å². The topological polar surface area (TPSA) is 118 Å². The van der Waals surface area contributed by atoms with Crippen molar-refractivity contribution in [2.75, 3.05) is 11.1 Å². The number of carboxylic acids is 1. The highest BCUT2D eigenvalue weighted by Crippen LogP contribution is 2.30. The molecule has 4 N–H and O–H groups in total. The van der Waals surface area contributed by atoms with Crippen LogP contribution in [0.3, 0.4) is 0 Å². The summed E-state index contributed by atoms with van der Waals surface area (Å²) in [7, 11) is 0. The van der Waals surface area contributed by atoms with Crippen molar-refractivity contribution in [3.63, 3.8) is 0 Å². The molecule has 0 aliphatic rings. The summed E-state index contributed by atoms with van der Waals surface area (Å²) < 4.78 is 0. The van der Waals surface area contributed by atoms with Gasteiger partial charge in [-0.3, -0.25) is 4.79 Å². The van der Waals surface area contributed by atoms with Crippen LogP contribution in [0.25, 0.3) is 10.9 Å². The summed E-state index contributed by atoms with van der Waals surface area (Å²) in [6.07, 6.45) is 1.32. The van der Waals surface area contributed by atoms with Gasteiger partial charge in [0.2, 0.25) is 0 Å². The number of carbonyl (C=O) groups excluding carboxylic acids is 1. The Morgan fingerprint density at radius 2 is 1.65 bits per heavy atom. The number of hydrogen-bond donors (Lipinski definition) is 3. The number of nitrogens with one attached hydrogen (secondary N) is 1. The Morgan fingerprint density at radius 1 is 0.935 bits per heavy atom. The second-order valence-electron chi connectivity index (χ2n) is 7.10. The molecule has 0 saturated heterocycles. The molecular formula is C24H20N4O3. The number of ketones is 1. The van der Waals surface area contributed by atoms with E-state index in [1.807, 2.05) is 31.2 Å². The van der Waals surface area contributed by atoms with Gasteiger partial charge in [-0.25, -0.2) is 14.8 Å². The molecule has 0 amide bonds. The third kappa shape index (κ3) is 3.81. The van der Waals surface area contributed by atoms with Gasteiger partial charge in [0, 0.05) is 22.2 Å². The van der Waals surface area contributed by atoms with E-state index in [9.17, 15) is 14.7 Å². The number of hydrogen-bond acceptors (Lipinski definition) is 6. The van der Waals surface area contributed by atoms with Crippen molar-refractivity contribution in [1.29, 1.82) is 0 Å². The number of nitrogens with zero attached hydrogens (tertiary/aromatic N) is 2. The maximum atomic E-state index is 12.9. The fourth-order valence-electron chi connectivity index (χ4n) is 3.56. The molecule has 1 heterocycles. The van der Waals surface area contributed by atoms with Crippen LogP contribution in [-0.2, 0) is 0 Å². The number of benzene rings is 3. The lowest BCUT2D eigenvalue weighted by Crippen LogP contribution is -2.14. The molecule has 4 rings (SSSR count). The van der Waals surface area contributed by atoms with Gasteiger partial charge in [-0.2, -0.15) is 0 Å². The largest absolute Gasteiger partial charge is 0.478 e. The first-order valence-electron chi connectivity index (χ1n) is 9.69. The molecule has 0 spiro atoms. The number of nitrogen functional groups attached to an aromatic ring is 1. The summed E-state index contributed by atoms with van der Waals surface area (Å²) in [4.78, 5) is 32.8. The Morgan fingerprint density at radius 3 is 2.39 bits per heavy atom. The first-order valence-corrected chi connectivity index (χ1v) is 9.69. The molecule has 154 valence electrons. The van der Waals surface area contributed by atoms with E-state index >= 15 is 0 Å². The lowest BCUT2D eigenvalue weighted by Gasteiger charge is -2.19. The fraction of sp³-hybridized carbons (Fsp3) is 0.0833. The number of aromatic carboxylic acids is 1. The first-order chi connectivity index (χ1) is 15.0. The lowest BCUT2D eigenvalue weighted by atomic mass is 9.96. The highest BCUT2D eigenvalue weighted by Gasteiger charge is 2.19. The van der Waals surface area contributed by atoms with Crippen LogP contribution in [0.5, 0.6) is 0 Å². The zero-order valence-electron chi connectivity index (χ0n) is 16.7. The van der Waals surface area contributed by atoms with Crippen LogP contribution in [0.1, 0.15) is 44.8 Å². The number of para-hydroxylation sites is 2. The summed E-state index contributed by atoms with van der Waals surface area (Å²) in [5.41, 5.74) is 8.95. The maximum absolute atomic E-state index is 12.9. The van der Waals surface area contributed by atoms with E-state index in [4.69, 9.17) is 5.73 Å². The molecule has 7 heteroatoms. The van der Waals surface area contributed by atoms with Gasteiger partial charge >= 0.3 is 5.97 Å². The second-order valence-corrected chi connectivity index (χ2v) is 7.10. The number of anilines is 2. The van der Waals surface area contributed by atoms with Gasteiger partial charge in [-0.15, -0.1) is 0 Å². The number of carbonyl (C=O) groups is 2. The molecule has 1 aromatic heterocycles. The molecular weight excluding hydrogens is 392 g/mol. The average Bonchev–Trinajstić information content (AvgIpc) is 2.79. The summed E-state index contributed by atoms with van der Waals surface area (Å²) in [5.74, 6) is -0.717. The SMILES string of the molecule is CC(Nc1ncnc2c(C(=O)O)cccc12)c1cccc(C(=O)c2ccccc2)c1N. The number of fused-ring (bicyclic) bond motifs is 1. The Balaban J connectivity index is 1.69. The monoisotopic (exact) mass is 412 g/mol. The van der Waals surface area contributed by atoms with E-state index < -0.39 is 5.97 Å². The third-order valence-corrected chi connectivity index (χ3v) is 5.14. The summed E-state index contributed by atoms with van der Waals surface area (Å²) in [5, 5.41) is 13.3. The molecule has 0 radical (unpaired) electrons. The molecule has 7 nitrogen and oxygen atoms in total. The van der Waals surface area contributed by atoms with Crippen LogP contribution in [0.4, 0.5) is 11.5 Å².